The van der Waals surface area contributed by atoms with Crippen LogP contribution in [0.3, 0.4) is 0 Å². The number of esters is 1. The van der Waals surface area contributed by atoms with Crippen LogP contribution < -0.4 is 10.6 Å². The number of amides is 3. The van der Waals surface area contributed by atoms with Crippen molar-refractivity contribution in [3.05, 3.63) is 34.9 Å². The molecule has 0 spiro atoms. The van der Waals surface area contributed by atoms with Crippen LogP contribution in [0.5, 0.6) is 0 Å². The zero-order chi connectivity index (χ0) is 30.8. The van der Waals surface area contributed by atoms with Gasteiger partial charge < -0.3 is 25.0 Å². The Morgan fingerprint density at radius 1 is 0.975 bits per heavy atom. The summed E-state index contributed by atoms with van der Waals surface area (Å²) in [5, 5.41) is 5.67. The topological polar surface area (TPSA) is 114 Å². The van der Waals surface area contributed by atoms with Crippen molar-refractivity contribution in [1.29, 1.82) is 0 Å². The van der Waals surface area contributed by atoms with Crippen LogP contribution in [-0.2, 0) is 23.9 Å². The van der Waals surface area contributed by atoms with E-state index in [1.807, 2.05) is 66.7 Å². The maximum absolute atomic E-state index is 14.6. The highest BCUT2D eigenvalue weighted by Crippen LogP contribution is 2.36. The van der Waals surface area contributed by atoms with Gasteiger partial charge in [0.2, 0.25) is 11.8 Å². The molecule has 0 saturated heterocycles. The fraction of sp³-hybridized carbons (Fsp3) is 0.677. The molecule has 0 heterocycles. The zero-order valence-electron chi connectivity index (χ0n) is 26.4. The molecule has 3 atom stereocenters. The molecule has 2 N–H and O–H groups in total. The molecule has 1 rings (SSSR count). The number of alkyl carbamates (subject to hydrolysis) is 1. The molecule has 9 nitrogen and oxygen atoms in total. The first-order valence-corrected chi connectivity index (χ1v) is 14.3. The molecule has 226 valence electrons. The Bertz CT molecular complexity index is 1010. The van der Waals surface area contributed by atoms with Gasteiger partial charge in [-0.3, -0.25) is 14.4 Å². The number of nitrogens with zero attached hydrogens (tertiary/aromatic N) is 1. The third-order valence-electron chi connectivity index (χ3n) is 7.16. The Labute approximate surface area is 240 Å². The fourth-order valence-electron chi connectivity index (χ4n) is 4.47. The van der Waals surface area contributed by atoms with Crippen LogP contribution >= 0.6 is 0 Å². The van der Waals surface area contributed by atoms with E-state index in [0.29, 0.717) is 18.4 Å². The van der Waals surface area contributed by atoms with Crippen LogP contribution in [0.25, 0.3) is 0 Å². The summed E-state index contributed by atoms with van der Waals surface area (Å²) in [4.78, 5) is 54.9. The van der Waals surface area contributed by atoms with E-state index in [1.165, 1.54) is 0 Å². The summed E-state index contributed by atoms with van der Waals surface area (Å²) >= 11 is 0. The van der Waals surface area contributed by atoms with Crippen LogP contribution in [0.2, 0.25) is 0 Å². The van der Waals surface area contributed by atoms with E-state index in [9.17, 15) is 19.2 Å². The molecular formula is C31H51N3O6. The highest BCUT2D eigenvalue weighted by Gasteiger charge is 2.45. The summed E-state index contributed by atoms with van der Waals surface area (Å²) in [7, 11) is 0. The van der Waals surface area contributed by atoms with E-state index < -0.39 is 41.2 Å². The van der Waals surface area contributed by atoms with Crippen molar-refractivity contribution in [1.82, 2.24) is 15.5 Å². The van der Waals surface area contributed by atoms with Crippen molar-refractivity contribution >= 4 is 23.9 Å². The molecule has 3 amide bonds. The highest BCUT2D eigenvalue weighted by molar-refractivity contribution is 5.93. The van der Waals surface area contributed by atoms with Crippen LogP contribution in [-0.4, -0.2) is 59.1 Å². The summed E-state index contributed by atoms with van der Waals surface area (Å²) in [5.41, 5.74) is 0.919. The van der Waals surface area contributed by atoms with Crippen molar-refractivity contribution in [2.45, 2.75) is 119 Å². The second kappa shape index (κ2) is 15.1. The number of benzene rings is 1. The predicted octanol–water partition coefficient (Wildman–Crippen LogP) is 5.37. The number of rotatable bonds is 13. The van der Waals surface area contributed by atoms with Gasteiger partial charge >= 0.3 is 12.1 Å². The lowest BCUT2D eigenvalue weighted by atomic mass is 9.87. The smallest absolute Gasteiger partial charge is 0.408 e. The molecule has 3 unspecified atom stereocenters. The summed E-state index contributed by atoms with van der Waals surface area (Å²) in [5.74, 6) is -1.43. The molecule has 40 heavy (non-hydrogen) atoms. The van der Waals surface area contributed by atoms with Gasteiger partial charge in [-0.05, 0) is 84.4 Å². The largest absolute Gasteiger partial charge is 0.466 e. The zero-order valence-corrected chi connectivity index (χ0v) is 26.4. The van der Waals surface area contributed by atoms with Crippen molar-refractivity contribution in [3.63, 3.8) is 0 Å². The van der Waals surface area contributed by atoms with E-state index in [4.69, 9.17) is 9.47 Å². The standard InChI is InChI=1S/C31H51N3O6/c1-12-20(4)25(33-29(38)40-30(7,8)9)28(37)34(31(10,11)13-2)26(24-21(5)16-15-17-22(24)6)27(36)32-19-18-23(35)39-14-3/h15-17,20,25-26H,12-14,18-19H2,1-11H3,(H,32,36)(H,33,38). The van der Waals surface area contributed by atoms with Gasteiger partial charge in [-0.1, -0.05) is 45.4 Å². The summed E-state index contributed by atoms with van der Waals surface area (Å²) in [6, 6.07) is 3.80. The van der Waals surface area contributed by atoms with Gasteiger partial charge in [0, 0.05) is 12.1 Å². The minimum absolute atomic E-state index is 0.0138. The van der Waals surface area contributed by atoms with Crippen LogP contribution in [0.1, 0.15) is 104 Å². The normalized spacial score (nSPS) is 14.0. The molecule has 0 aliphatic carbocycles. The molecule has 0 aliphatic rings. The van der Waals surface area contributed by atoms with Gasteiger partial charge in [0.25, 0.3) is 0 Å². The molecule has 0 aromatic heterocycles. The first kappa shape index (κ1) is 34.9. The molecular weight excluding hydrogens is 510 g/mol. The van der Waals surface area contributed by atoms with Gasteiger partial charge in [-0.2, -0.15) is 0 Å². The van der Waals surface area contributed by atoms with Gasteiger partial charge in [0.15, 0.2) is 0 Å². The number of ether oxygens (including phenoxy) is 2. The van der Waals surface area contributed by atoms with Crippen molar-refractivity contribution in [2.24, 2.45) is 5.92 Å². The van der Waals surface area contributed by atoms with E-state index >= 15 is 0 Å². The SMILES string of the molecule is CCOC(=O)CCNC(=O)C(c1c(C)cccc1C)N(C(=O)C(NC(=O)OC(C)(C)C)C(C)CC)C(C)(C)CC. The van der Waals surface area contributed by atoms with Gasteiger partial charge in [0.1, 0.15) is 17.7 Å². The number of carbonyl (C=O) groups is 4. The second-order valence-electron chi connectivity index (χ2n) is 11.9. The molecule has 0 saturated carbocycles. The number of hydrogen-bond acceptors (Lipinski definition) is 6. The van der Waals surface area contributed by atoms with Crippen LogP contribution in [0, 0.1) is 19.8 Å². The van der Waals surface area contributed by atoms with E-state index in [1.54, 1.807) is 32.6 Å². The Hall–Kier alpha value is -3.10. The molecule has 0 aliphatic heterocycles. The third-order valence-corrected chi connectivity index (χ3v) is 7.16. The first-order valence-electron chi connectivity index (χ1n) is 14.3. The van der Waals surface area contributed by atoms with Crippen molar-refractivity contribution < 1.29 is 28.7 Å². The van der Waals surface area contributed by atoms with Crippen molar-refractivity contribution in [2.75, 3.05) is 13.2 Å². The minimum atomic E-state index is -1.00. The number of nitrogens with one attached hydrogen (secondary N) is 2. The monoisotopic (exact) mass is 561 g/mol. The average molecular weight is 562 g/mol. The van der Waals surface area contributed by atoms with Gasteiger partial charge in [-0.15, -0.1) is 0 Å². The Kier molecular flexibility index (Phi) is 13.1. The molecule has 0 fully saturated rings. The van der Waals surface area contributed by atoms with Crippen molar-refractivity contribution in [3.8, 4) is 0 Å². The maximum Gasteiger partial charge on any atom is 0.408 e. The molecule has 1 aromatic rings. The predicted molar refractivity (Wildman–Crippen MR) is 157 cm³/mol. The highest BCUT2D eigenvalue weighted by atomic mass is 16.6. The average Bonchev–Trinajstić information content (AvgIpc) is 2.84. The summed E-state index contributed by atoms with van der Waals surface area (Å²) < 4.78 is 10.5. The number of hydrogen-bond donors (Lipinski definition) is 2. The molecule has 9 heteroatoms. The van der Waals surface area contributed by atoms with Gasteiger partial charge in [-0.25, -0.2) is 4.79 Å². The van der Waals surface area contributed by atoms with Crippen LogP contribution in [0.15, 0.2) is 18.2 Å². The lowest BCUT2D eigenvalue weighted by Crippen LogP contribution is -2.61. The maximum atomic E-state index is 14.6. The third kappa shape index (κ3) is 9.82. The Morgan fingerprint density at radius 2 is 1.55 bits per heavy atom. The lowest BCUT2D eigenvalue weighted by Gasteiger charge is -2.46. The fourth-order valence-corrected chi connectivity index (χ4v) is 4.47. The van der Waals surface area contributed by atoms with E-state index in [2.05, 4.69) is 10.6 Å². The minimum Gasteiger partial charge on any atom is -0.466 e. The van der Waals surface area contributed by atoms with E-state index in [0.717, 1.165) is 11.1 Å². The molecule has 0 bridgehead atoms. The molecule has 0 radical (unpaired) electrons. The second-order valence-corrected chi connectivity index (χ2v) is 11.9. The number of carbonyl (C=O) groups excluding carboxylic acids is 4. The molecule has 1 aromatic carbocycles. The Morgan fingerprint density at radius 3 is 2.02 bits per heavy atom. The van der Waals surface area contributed by atoms with Gasteiger partial charge in [0.05, 0.1) is 13.0 Å². The van der Waals surface area contributed by atoms with Crippen LogP contribution in [0.4, 0.5) is 4.79 Å². The van der Waals surface area contributed by atoms with E-state index in [-0.39, 0.29) is 31.4 Å². The summed E-state index contributed by atoms with van der Waals surface area (Å²) in [6.07, 6.45) is 0.491. The quantitative estimate of drug-likeness (QED) is 0.313. The first-order chi connectivity index (χ1) is 18.5. The Balaban J connectivity index is 3.69. The number of aryl methyl sites for hydroxylation is 2. The lowest BCUT2D eigenvalue weighted by molar-refractivity contribution is -0.150. The summed E-state index contributed by atoms with van der Waals surface area (Å²) in [6.45, 7) is 20.8.